The zero-order valence-corrected chi connectivity index (χ0v) is 11.7. The van der Waals surface area contributed by atoms with Crippen LogP contribution in [0.25, 0.3) is 21.7 Å². The molecule has 2 N–H and O–H groups in total. The molecule has 0 saturated heterocycles. The van der Waals surface area contributed by atoms with E-state index >= 15 is 0 Å². The van der Waals surface area contributed by atoms with Gasteiger partial charge < -0.3 is 5.73 Å². The number of nitrogens with zero attached hydrogens (tertiary/aromatic N) is 2. The van der Waals surface area contributed by atoms with Crippen LogP contribution in [0.2, 0.25) is 0 Å². The molecule has 0 spiro atoms. The van der Waals surface area contributed by atoms with Gasteiger partial charge in [-0.3, -0.25) is 4.68 Å². The summed E-state index contributed by atoms with van der Waals surface area (Å²) < 4.78 is 41.9. The fourth-order valence-corrected chi connectivity index (χ4v) is 2.88. The van der Waals surface area contributed by atoms with Gasteiger partial charge in [0.05, 0.1) is 5.56 Å². The fourth-order valence-electron chi connectivity index (χ4n) is 2.10. The van der Waals surface area contributed by atoms with Gasteiger partial charge in [0.1, 0.15) is 11.5 Å². The van der Waals surface area contributed by atoms with Gasteiger partial charge in [-0.15, -0.1) is 11.3 Å². The van der Waals surface area contributed by atoms with Gasteiger partial charge in [-0.05, 0) is 23.6 Å². The molecule has 1 aromatic carbocycles. The van der Waals surface area contributed by atoms with E-state index in [4.69, 9.17) is 5.73 Å². The van der Waals surface area contributed by atoms with E-state index in [0.717, 1.165) is 17.0 Å². The molecule has 0 aliphatic rings. The average Bonchev–Trinajstić information content (AvgIpc) is 3.06. The van der Waals surface area contributed by atoms with Crippen LogP contribution in [-0.2, 0) is 7.05 Å². The van der Waals surface area contributed by atoms with Crippen LogP contribution in [0.4, 0.5) is 19.0 Å². The number of benzene rings is 1. The second kappa shape index (κ2) is 4.92. The molecular formula is C14H10F3N3S. The number of aromatic nitrogens is 2. The van der Waals surface area contributed by atoms with E-state index in [0.29, 0.717) is 11.4 Å². The zero-order chi connectivity index (χ0) is 15.1. The number of aryl methyl sites for hydroxylation is 1. The highest BCUT2D eigenvalue weighted by Crippen LogP contribution is 2.39. The maximum atomic E-state index is 14.0. The molecule has 0 saturated carbocycles. The SMILES string of the molecule is Cn1nc(-c2ccc(F)c(F)c2F)c(-c2cccs2)c1N. The van der Waals surface area contributed by atoms with Gasteiger partial charge >= 0.3 is 0 Å². The Labute approximate surface area is 122 Å². The number of thiophene rings is 1. The van der Waals surface area contributed by atoms with Crippen LogP contribution in [-0.4, -0.2) is 9.78 Å². The van der Waals surface area contributed by atoms with E-state index < -0.39 is 17.5 Å². The Hall–Kier alpha value is -2.28. The molecule has 0 amide bonds. The topological polar surface area (TPSA) is 43.8 Å². The lowest BCUT2D eigenvalue weighted by atomic mass is 10.1. The minimum atomic E-state index is -1.52. The predicted octanol–water partition coefficient (Wildman–Crippen LogP) is 3.82. The van der Waals surface area contributed by atoms with Gasteiger partial charge in [0, 0.05) is 17.5 Å². The van der Waals surface area contributed by atoms with Crippen molar-refractivity contribution in [2.24, 2.45) is 7.05 Å². The Morgan fingerprint density at radius 1 is 1.14 bits per heavy atom. The summed E-state index contributed by atoms with van der Waals surface area (Å²) in [5, 5.41) is 5.98. The third-order valence-electron chi connectivity index (χ3n) is 3.15. The summed E-state index contributed by atoms with van der Waals surface area (Å²) in [4.78, 5) is 0.778. The van der Waals surface area contributed by atoms with Crippen molar-refractivity contribution in [2.75, 3.05) is 5.73 Å². The molecule has 0 radical (unpaired) electrons. The molecule has 2 heterocycles. The van der Waals surface area contributed by atoms with Gasteiger partial charge in [0.15, 0.2) is 17.5 Å². The maximum Gasteiger partial charge on any atom is 0.195 e. The van der Waals surface area contributed by atoms with E-state index in [2.05, 4.69) is 5.10 Å². The van der Waals surface area contributed by atoms with Crippen LogP contribution in [0.5, 0.6) is 0 Å². The molecule has 3 nitrogen and oxygen atoms in total. The molecule has 7 heteroatoms. The van der Waals surface area contributed by atoms with Crippen LogP contribution in [0.3, 0.4) is 0 Å². The number of nitrogen functional groups attached to an aromatic ring is 1. The summed E-state index contributed by atoms with van der Waals surface area (Å²) in [6, 6.07) is 5.65. The molecule has 2 aromatic heterocycles. The summed E-state index contributed by atoms with van der Waals surface area (Å²) >= 11 is 1.40. The van der Waals surface area contributed by atoms with Crippen molar-refractivity contribution in [2.45, 2.75) is 0 Å². The first-order valence-corrected chi connectivity index (χ1v) is 6.89. The second-order valence-electron chi connectivity index (χ2n) is 4.43. The number of halogens is 3. The number of rotatable bonds is 2. The van der Waals surface area contributed by atoms with Crippen LogP contribution < -0.4 is 5.73 Å². The second-order valence-corrected chi connectivity index (χ2v) is 5.38. The summed E-state index contributed by atoms with van der Waals surface area (Å²) in [6.45, 7) is 0. The summed E-state index contributed by atoms with van der Waals surface area (Å²) in [6.07, 6.45) is 0. The fraction of sp³-hybridized carbons (Fsp3) is 0.0714. The number of hydrogen-bond donors (Lipinski definition) is 1. The Morgan fingerprint density at radius 3 is 2.57 bits per heavy atom. The molecule has 108 valence electrons. The Morgan fingerprint density at radius 2 is 1.90 bits per heavy atom. The van der Waals surface area contributed by atoms with E-state index in [1.54, 1.807) is 13.1 Å². The van der Waals surface area contributed by atoms with E-state index in [-0.39, 0.29) is 11.3 Å². The Kier molecular flexibility index (Phi) is 3.21. The number of hydrogen-bond acceptors (Lipinski definition) is 3. The molecule has 0 unspecified atom stereocenters. The molecule has 21 heavy (non-hydrogen) atoms. The van der Waals surface area contributed by atoms with Crippen molar-refractivity contribution < 1.29 is 13.2 Å². The average molecular weight is 309 g/mol. The van der Waals surface area contributed by atoms with Crippen molar-refractivity contribution in [3.8, 4) is 21.7 Å². The molecule has 0 aliphatic heterocycles. The van der Waals surface area contributed by atoms with Gasteiger partial charge in [0.2, 0.25) is 0 Å². The van der Waals surface area contributed by atoms with Crippen molar-refractivity contribution in [3.05, 3.63) is 47.1 Å². The minimum absolute atomic E-state index is 0.121. The summed E-state index contributed by atoms with van der Waals surface area (Å²) in [5.41, 5.74) is 6.55. The Balaban J connectivity index is 2.30. The summed E-state index contributed by atoms with van der Waals surface area (Å²) in [5.74, 6) is -3.70. The van der Waals surface area contributed by atoms with Crippen molar-refractivity contribution in [3.63, 3.8) is 0 Å². The van der Waals surface area contributed by atoms with E-state index in [1.807, 2.05) is 11.4 Å². The zero-order valence-electron chi connectivity index (χ0n) is 10.9. The smallest absolute Gasteiger partial charge is 0.195 e. The maximum absolute atomic E-state index is 14.0. The number of anilines is 1. The summed E-state index contributed by atoms with van der Waals surface area (Å²) in [7, 11) is 1.60. The molecule has 0 aliphatic carbocycles. The highest BCUT2D eigenvalue weighted by molar-refractivity contribution is 7.13. The molecule has 3 rings (SSSR count). The highest BCUT2D eigenvalue weighted by atomic mass is 32.1. The van der Waals surface area contributed by atoms with Crippen molar-refractivity contribution in [1.29, 1.82) is 0 Å². The third-order valence-corrected chi connectivity index (χ3v) is 4.04. The van der Waals surface area contributed by atoms with Gasteiger partial charge in [0.25, 0.3) is 0 Å². The lowest BCUT2D eigenvalue weighted by Gasteiger charge is -2.04. The lowest BCUT2D eigenvalue weighted by molar-refractivity contribution is 0.448. The largest absolute Gasteiger partial charge is 0.383 e. The van der Waals surface area contributed by atoms with Gasteiger partial charge in [-0.2, -0.15) is 5.10 Å². The molecule has 0 atom stereocenters. The standard InChI is InChI=1S/C14H10F3N3S/c1-20-14(18)10(9-3-2-6-21-9)13(19-20)7-4-5-8(15)12(17)11(7)16/h2-6H,18H2,1H3. The first-order valence-electron chi connectivity index (χ1n) is 6.01. The van der Waals surface area contributed by atoms with Gasteiger partial charge in [-0.25, -0.2) is 13.2 Å². The van der Waals surface area contributed by atoms with E-state index in [9.17, 15) is 13.2 Å². The molecule has 3 aromatic rings. The lowest BCUT2D eigenvalue weighted by Crippen LogP contribution is -1.97. The monoisotopic (exact) mass is 309 g/mol. The predicted molar refractivity (Wildman–Crippen MR) is 76.2 cm³/mol. The third kappa shape index (κ3) is 2.09. The van der Waals surface area contributed by atoms with Crippen LogP contribution >= 0.6 is 11.3 Å². The quantitative estimate of drug-likeness (QED) is 0.731. The molecule has 0 fully saturated rings. The number of nitrogens with two attached hydrogens (primary N) is 1. The Bertz CT molecular complexity index is 809. The molecule has 0 bridgehead atoms. The van der Waals surface area contributed by atoms with Gasteiger partial charge in [-0.1, -0.05) is 6.07 Å². The molecular weight excluding hydrogens is 299 g/mol. The normalized spacial score (nSPS) is 11.0. The van der Waals surface area contributed by atoms with Crippen LogP contribution in [0.1, 0.15) is 0 Å². The highest BCUT2D eigenvalue weighted by Gasteiger charge is 2.23. The first-order chi connectivity index (χ1) is 10.0. The van der Waals surface area contributed by atoms with Crippen molar-refractivity contribution >= 4 is 17.2 Å². The van der Waals surface area contributed by atoms with E-state index in [1.165, 1.54) is 16.0 Å². The van der Waals surface area contributed by atoms with Crippen LogP contribution in [0.15, 0.2) is 29.6 Å². The van der Waals surface area contributed by atoms with Crippen molar-refractivity contribution in [1.82, 2.24) is 9.78 Å². The van der Waals surface area contributed by atoms with Crippen LogP contribution in [0, 0.1) is 17.5 Å². The first kappa shape index (κ1) is 13.7. The minimum Gasteiger partial charge on any atom is -0.383 e.